The second-order valence-corrected chi connectivity index (χ2v) is 2.91. The van der Waals surface area contributed by atoms with Crippen molar-refractivity contribution in [2.24, 2.45) is 11.7 Å². The lowest BCUT2D eigenvalue weighted by molar-refractivity contribution is -0.137. The fraction of sp³-hybridized carbons (Fsp3) is 0.833. The van der Waals surface area contributed by atoms with E-state index in [1.54, 1.807) is 0 Å². The molecule has 3 heteroatoms. The zero-order valence-electron chi connectivity index (χ0n) is 5.42. The van der Waals surface area contributed by atoms with Gasteiger partial charge in [-0.2, -0.15) is 0 Å². The van der Waals surface area contributed by atoms with Crippen molar-refractivity contribution in [1.82, 2.24) is 0 Å². The molecule has 3 nitrogen and oxygen atoms in total. The fourth-order valence-electron chi connectivity index (χ4n) is 1.04. The Morgan fingerprint density at radius 3 is 2.56 bits per heavy atom. The molecular weight excluding hydrogens is 118 g/mol. The van der Waals surface area contributed by atoms with Crippen LogP contribution in [0.5, 0.6) is 0 Å². The first-order valence-corrected chi connectivity index (χ1v) is 3.05. The molecule has 1 rings (SSSR count). The number of carboxylic acids is 1. The highest BCUT2D eigenvalue weighted by Gasteiger charge is 2.48. The van der Waals surface area contributed by atoms with E-state index in [-0.39, 0.29) is 12.0 Å². The summed E-state index contributed by atoms with van der Waals surface area (Å²) >= 11 is 0. The second kappa shape index (κ2) is 1.70. The Labute approximate surface area is 53.9 Å². The second-order valence-electron chi connectivity index (χ2n) is 2.91. The monoisotopic (exact) mass is 129 g/mol. The van der Waals surface area contributed by atoms with Crippen LogP contribution in [0, 0.1) is 5.92 Å². The van der Waals surface area contributed by atoms with Gasteiger partial charge in [0.25, 0.3) is 0 Å². The third-order valence-electron chi connectivity index (χ3n) is 1.99. The quantitative estimate of drug-likeness (QED) is 0.559. The molecule has 1 aliphatic carbocycles. The third-order valence-corrected chi connectivity index (χ3v) is 1.99. The molecule has 0 bridgehead atoms. The van der Waals surface area contributed by atoms with Crippen LogP contribution in [0.1, 0.15) is 19.8 Å². The van der Waals surface area contributed by atoms with Crippen molar-refractivity contribution in [3.8, 4) is 0 Å². The Hall–Kier alpha value is -0.570. The average molecular weight is 129 g/mol. The van der Waals surface area contributed by atoms with Gasteiger partial charge in [0.2, 0.25) is 0 Å². The zero-order valence-corrected chi connectivity index (χ0v) is 5.42. The van der Waals surface area contributed by atoms with Gasteiger partial charge >= 0.3 is 5.97 Å². The Morgan fingerprint density at radius 2 is 2.44 bits per heavy atom. The summed E-state index contributed by atoms with van der Waals surface area (Å²) < 4.78 is 0. The van der Waals surface area contributed by atoms with Gasteiger partial charge in [0.05, 0.1) is 6.42 Å². The molecule has 9 heavy (non-hydrogen) atoms. The van der Waals surface area contributed by atoms with Crippen molar-refractivity contribution in [3.63, 3.8) is 0 Å². The van der Waals surface area contributed by atoms with Crippen LogP contribution in [0.4, 0.5) is 0 Å². The van der Waals surface area contributed by atoms with Crippen LogP contribution in [0.25, 0.3) is 0 Å². The lowest BCUT2D eigenvalue weighted by Gasteiger charge is -2.03. The number of carbonyl (C=O) groups is 1. The molecule has 3 N–H and O–H groups in total. The minimum absolute atomic E-state index is 0.119. The fourth-order valence-corrected chi connectivity index (χ4v) is 1.04. The van der Waals surface area contributed by atoms with E-state index in [0.29, 0.717) is 5.92 Å². The van der Waals surface area contributed by atoms with Gasteiger partial charge in [0.15, 0.2) is 0 Å². The molecule has 1 saturated carbocycles. The van der Waals surface area contributed by atoms with Gasteiger partial charge in [-0.05, 0) is 12.3 Å². The van der Waals surface area contributed by atoms with E-state index < -0.39 is 5.97 Å². The van der Waals surface area contributed by atoms with Crippen molar-refractivity contribution >= 4 is 5.97 Å². The summed E-state index contributed by atoms with van der Waals surface area (Å²) in [6.07, 6.45) is 0.980. The molecule has 2 atom stereocenters. The van der Waals surface area contributed by atoms with Crippen molar-refractivity contribution in [3.05, 3.63) is 0 Å². The molecular formula is C6H11NO2. The minimum atomic E-state index is -0.790. The average Bonchev–Trinajstić information content (AvgIpc) is 2.10. The predicted octanol–water partition coefficient (Wildman–Crippen LogP) is 0.198. The summed E-state index contributed by atoms with van der Waals surface area (Å²) in [4.78, 5) is 10.1. The number of rotatable bonds is 2. The standard InChI is InChI=1S/C6H11NO2/c1-4-2-6(4,7)3-5(8)9/h4H,2-3,7H2,1H3,(H,8,9)/t4?,6-/m1/s1. The summed E-state index contributed by atoms with van der Waals surface area (Å²) in [5.74, 6) is -0.393. The SMILES string of the molecule is CC1C[C@@]1(N)CC(=O)O. The molecule has 0 saturated heterocycles. The Morgan fingerprint density at radius 1 is 2.00 bits per heavy atom. The Balaban J connectivity index is 2.37. The van der Waals surface area contributed by atoms with Gasteiger partial charge in [-0.1, -0.05) is 6.92 Å². The van der Waals surface area contributed by atoms with E-state index in [9.17, 15) is 4.79 Å². The lowest BCUT2D eigenvalue weighted by Crippen LogP contribution is -2.27. The zero-order chi connectivity index (χ0) is 7.07. The third kappa shape index (κ3) is 1.21. The van der Waals surface area contributed by atoms with Crippen LogP contribution in [0.2, 0.25) is 0 Å². The van der Waals surface area contributed by atoms with E-state index >= 15 is 0 Å². The smallest absolute Gasteiger partial charge is 0.305 e. The van der Waals surface area contributed by atoms with Crippen molar-refractivity contribution in [2.45, 2.75) is 25.3 Å². The topological polar surface area (TPSA) is 63.3 Å². The summed E-state index contributed by atoms with van der Waals surface area (Å²) in [5.41, 5.74) is 5.24. The van der Waals surface area contributed by atoms with Crippen LogP contribution < -0.4 is 5.73 Å². The molecule has 0 aromatic heterocycles. The van der Waals surface area contributed by atoms with Gasteiger partial charge < -0.3 is 10.8 Å². The van der Waals surface area contributed by atoms with Gasteiger partial charge in [0.1, 0.15) is 0 Å². The van der Waals surface area contributed by atoms with E-state index in [0.717, 1.165) is 6.42 Å². The molecule has 0 heterocycles. The summed E-state index contributed by atoms with van der Waals surface area (Å²) in [6, 6.07) is 0. The first-order valence-electron chi connectivity index (χ1n) is 3.05. The molecule has 0 aromatic carbocycles. The predicted molar refractivity (Wildman–Crippen MR) is 33.0 cm³/mol. The number of hydrogen-bond donors (Lipinski definition) is 2. The van der Waals surface area contributed by atoms with E-state index in [1.165, 1.54) is 0 Å². The Kier molecular flexibility index (Phi) is 1.24. The molecule has 1 unspecified atom stereocenters. The summed E-state index contributed by atoms with van der Waals surface area (Å²) in [5, 5.41) is 8.33. The van der Waals surface area contributed by atoms with Gasteiger partial charge in [0, 0.05) is 5.54 Å². The molecule has 1 aliphatic rings. The largest absolute Gasteiger partial charge is 0.481 e. The number of hydrogen-bond acceptors (Lipinski definition) is 2. The van der Waals surface area contributed by atoms with Gasteiger partial charge in [-0.25, -0.2) is 0 Å². The van der Waals surface area contributed by atoms with E-state index in [1.807, 2.05) is 6.92 Å². The van der Waals surface area contributed by atoms with Crippen LogP contribution in [-0.4, -0.2) is 16.6 Å². The maximum atomic E-state index is 10.1. The van der Waals surface area contributed by atoms with E-state index in [4.69, 9.17) is 10.8 Å². The van der Waals surface area contributed by atoms with Crippen LogP contribution >= 0.6 is 0 Å². The molecule has 0 aliphatic heterocycles. The highest BCUT2D eigenvalue weighted by atomic mass is 16.4. The Bertz CT molecular complexity index is 146. The van der Waals surface area contributed by atoms with Crippen LogP contribution in [-0.2, 0) is 4.79 Å². The van der Waals surface area contributed by atoms with Crippen LogP contribution in [0.3, 0.4) is 0 Å². The lowest BCUT2D eigenvalue weighted by atomic mass is 10.1. The first-order chi connectivity index (χ1) is 4.04. The first kappa shape index (κ1) is 6.55. The molecule has 0 spiro atoms. The van der Waals surface area contributed by atoms with Gasteiger partial charge in [-0.3, -0.25) is 4.79 Å². The van der Waals surface area contributed by atoms with Gasteiger partial charge in [-0.15, -0.1) is 0 Å². The number of carboxylic acid groups (broad SMARTS) is 1. The maximum absolute atomic E-state index is 10.1. The molecule has 0 aromatic rings. The molecule has 1 fully saturated rings. The molecule has 0 radical (unpaired) electrons. The minimum Gasteiger partial charge on any atom is -0.481 e. The van der Waals surface area contributed by atoms with Crippen molar-refractivity contribution in [1.29, 1.82) is 0 Å². The van der Waals surface area contributed by atoms with Crippen molar-refractivity contribution in [2.75, 3.05) is 0 Å². The number of aliphatic carboxylic acids is 1. The molecule has 52 valence electrons. The highest BCUT2D eigenvalue weighted by Crippen LogP contribution is 2.42. The van der Waals surface area contributed by atoms with E-state index in [2.05, 4.69) is 0 Å². The maximum Gasteiger partial charge on any atom is 0.305 e. The normalized spacial score (nSPS) is 40.4. The number of nitrogens with two attached hydrogens (primary N) is 1. The summed E-state index contributed by atoms with van der Waals surface area (Å²) in [7, 11) is 0. The highest BCUT2D eigenvalue weighted by molar-refractivity contribution is 5.69. The summed E-state index contributed by atoms with van der Waals surface area (Å²) in [6.45, 7) is 1.98. The van der Waals surface area contributed by atoms with Crippen LogP contribution in [0.15, 0.2) is 0 Å². The van der Waals surface area contributed by atoms with Crippen molar-refractivity contribution < 1.29 is 9.90 Å². The molecule has 0 amide bonds.